The highest BCUT2D eigenvalue weighted by Crippen LogP contribution is 2.26. The normalized spacial score (nSPS) is 16.7. The first kappa shape index (κ1) is 22.8. The molecule has 0 aromatic heterocycles. The van der Waals surface area contributed by atoms with E-state index in [1.807, 2.05) is 54.6 Å². The fraction of sp³-hybridized carbons (Fsp3) is 0.240. The van der Waals surface area contributed by atoms with Crippen LogP contribution in [0.5, 0.6) is 5.75 Å². The molecular formula is C25H27N3O4S. The van der Waals surface area contributed by atoms with E-state index < -0.39 is 15.9 Å². The minimum absolute atomic E-state index is 0.161. The maximum Gasteiger partial charge on any atom is 0.243 e. The topological polar surface area (TPSA) is 87.7 Å². The van der Waals surface area contributed by atoms with Crippen LogP contribution in [0, 0.1) is 5.92 Å². The van der Waals surface area contributed by atoms with Crippen molar-refractivity contribution in [2.24, 2.45) is 5.92 Å². The van der Waals surface area contributed by atoms with E-state index in [-0.39, 0.29) is 17.3 Å². The van der Waals surface area contributed by atoms with Gasteiger partial charge in [0.1, 0.15) is 5.75 Å². The average Bonchev–Trinajstić information content (AvgIpc) is 2.86. The molecule has 0 saturated carbocycles. The monoisotopic (exact) mass is 465 g/mol. The van der Waals surface area contributed by atoms with Gasteiger partial charge in [-0.05, 0) is 73.5 Å². The van der Waals surface area contributed by atoms with Crippen LogP contribution in [0.25, 0.3) is 0 Å². The first-order valence-electron chi connectivity index (χ1n) is 10.8. The Morgan fingerprint density at radius 3 is 2.21 bits per heavy atom. The summed E-state index contributed by atoms with van der Waals surface area (Å²) in [5.41, 5.74) is 2.57. The number of nitrogens with one attached hydrogen (secondary N) is 2. The van der Waals surface area contributed by atoms with Crippen LogP contribution in [0.2, 0.25) is 0 Å². The number of methoxy groups -OCH3 is 1. The van der Waals surface area contributed by atoms with Gasteiger partial charge in [0.15, 0.2) is 0 Å². The Hall–Kier alpha value is -3.36. The van der Waals surface area contributed by atoms with E-state index in [1.165, 1.54) is 23.5 Å². The maximum atomic E-state index is 13.0. The Bertz CT molecular complexity index is 1180. The zero-order chi connectivity index (χ0) is 23.3. The molecule has 3 aromatic rings. The number of carbonyl (C=O) groups excluding carboxylic acids is 1. The summed E-state index contributed by atoms with van der Waals surface area (Å²) in [5, 5.41) is 6.22. The minimum Gasteiger partial charge on any atom is -0.497 e. The molecule has 1 heterocycles. The second kappa shape index (κ2) is 10.1. The van der Waals surface area contributed by atoms with E-state index in [2.05, 4.69) is 10.6 Å². The third-order valence-electron chi connectivity index (χ3n) is 5.67. The second-order valence-electron chi connectivity index (χ2n) is 7.94. The predicted octanol–water partition coefficient (Wildman–Crippen LogP) is 4.48. The van der Waals surface area contributed by atoms with Crippen molar-refractivity contribution in [3.05, 3.63) is 78.9 Å². The smallest absolute Gasteiger partial charge is 0.243 e. The fourth-order valence-electron chi connectivity index (χ4n) is 3.84. The van der Waals surface area contributed by atoms with E-state index in [9.17, 15) is 13.2 Å². The number of piperidine rings is 1. The SMILES string of the molecule is COc1ccc(S(=O)(=O)N2CCCC(C(=O)Nc3ccc(Nc4ccccc4)cc3)C2)cc1. The Balaban J connectivity index is 1.38. The molecule has 1 aliphatic rings. The van der Waals surface area contributed by atoms with Crippen molar-refractivity contribution >= 4 is 33.0 Å². The van der Waals surface area contributed by atoms with Gasteiger partial charge in [-0.25, -0.2) is 8.42 Å². The number of hydrogen-bond acceptors (Lipinski definition) is 5. The average molecular weight is 466 g/mol. The number of carbonyl (C=O) groups is 1. The van der Waals surface area contributed by atoms with E-state index >= 15 is 0 Å². The van der Waals surface area contributed by atoms with Crippen molar-refractivity contribution in [3.63, 3.8) is 0 Å². The van der Waals surface area contributed by atoms with Crippen molar-refractivity contribution in [2.45, 2.75) is 17.7 Å². The maximum absolute atomic E-state index is 13.0. The lowest BCUT2D eigenvalue weighted by Gasteiger charge is -2.31. The molecule has 7 nitrogen and oxygen atoms in total. The third kappa shape index (κ3) is 5.53. The quantitative estimate of drug-likeness (QED) is 0.537. The molecule has 3 aromatic carbocycles. The van der Waals surface area contributed by atoms with Crippen molar-refractivity contribution in [1.82, 2.24) is 4.31 Å². The molecule has 33 heavy (non-hydrogen) atoms. The lowest BCUT2D eigenvalue weighted by Crippen LogP contribution is -2.43. The Morgan fingerprint density at radius 1 is 0.909 bits per heavy atom. The van der Waals surface area contributed by atoms with Crippen molar-refractivity contribution in [1.29, 1.82) is 0 Å². The third-order valence-corrected chi connectivity index (χ3v) is 7.55. The van der Waals surface area contributed by atoms with E-state index in [0.717, 1.165) is 11.4 Å². The van der Waals surface area contributed by atoms with Crippen LogP contribution in [0.1, 0.15) is 12.8 Å². The summed E-state index contributed by atoms with van der Waals surface area (Å²) in [6, 6.07) is 23.6. The molecule has 4 rings (SSSR count). The van der Waals surface area contributed by atoms with Crippen LogP contribution in [0.4, 0.5) is 17.1 Å². The van der Waals surface area contributed by atoms with Gasteiger partial charge in [-0.15, -0.1) is 0 Å². The minimum atomic E-state index is -3.67. The summed E-state index contributed by atoms with van der Waals surface area (Å²) in [5.74, 6) is 0.0112. The van der Waals surface area contributed by atoms with Gasteiger partial charge in [0.05, 0.1) is 17.9 Å². The van der Waals surface area contributed by atoms with Crippen LogP contribution >= 0.6 is 0 Å². The summed E-state index contributed by atoms with van der Waals surface area (Å²) < 4.78 is 32.6. The Morgan fingerprint density at radius 2 is 1.55 bits per heavy atom. The molecule has 1 fully saturated rings. The largest absolute Gasteiger partial charge is 0.497 e. The lowest BCUT2D eigenvalue weighted by molar-refractivity contribution is -0.120. The van der Waals surface area contributed by atoms with Gasteiger partial charge in [0.2, 0.25) is 15.9 Å². The number of nitrogens with zero attached hydrogens (tertiary/aromatic N) is 1. The molecule has 1 atom stereocenters. The molecule has 1 amide bonds. The summed E-state index contributed by atoms with van der Waals surface area (Å²) >= 11 is 0. The molecule has 0 bridgehead atoms. The zero-order valence-electron chi connectivity index (χ0n) is 18.4. The predicted molar refractivity (Wildman–Crippen MR) is 129 cm³/mol. The first-order chi connectivity index (χ1) is 16.0. The van der Waals surface area contributed by atoms with Crippen molar-refractivity contribution in [2.75, 3.05) is 30.8 Å². The van der Waals surface area contributed by atoms with Gasteiger partial charge in [0, 0.05) is 30.2 Å². The van der Waals surface area contributed by atoms with E-state index in [1.54, 1.807) is 12.1 Å². The molecule has 1 saturated heterocycles. The molecule has 0 radical (unpaired) electrons. The summed E-state index contributed by atoms with van der Waals surface area (Å²) in [6.45, 7) is 0.561. The van der Waals surface area contributed by atoms with Gasteiger partial charge in [0.25, 0.3) is 0 Å². The number of amides is 1. The number of ether oxygens (including phenoxy) is 1. The zero-order valence-corrected chi connectivity index (χ0v) is 19.2. The van der Waals surface area contributed by atoms with Crippen LogP contribution in [-0.2, 0) is 14.8 Å². The second-order valence-corrected chi connectivity index (χ2v) is 9.87. The van der Waals surface area contributed by atoms with Gasteiger partial charge >= 0.3 is 0 Å². The summed E-state index contributed by atoms with van der Waals surface area (Å²) in [4.78, 5) is 13.1. The fourth-order valence-corrected chi connectivity index (χ4v) is 5.36. The number of para-hydroxylation sites is 1. The number of sulfonamides is 1. The van der Waals surface area contributed by atoms with Gasteiger partial charge < -0.3 is 15.4 Å². The molecule has 172 valence electrons. The Kier molecular flexibility index (Phi) is 6.96. The van der Waals surface area contributed by atoms with Gasteiger partial charge in [-0.3, -0.25) is 4.79 Å². The summed E-state index contributed by atoms with van der Waals surface area (Å²) in [7, 11) is -2.14. The molecule has 2 N–H and O–H groups in total. The number of anilines is 3. The van der Waals surface area contributed by atoms with E-state index in [4.69, 9.17) is 4.74 Å². The van der Waals surface area contributed by atoms with Crippen LogP contribution in [0.3, 0.4) is 0 Å². The van der Waals surface area contributed by atoms with Crippen molar-refractivity contribution < 1.29 is 17.9 Å². The van der Waals surface area contributed by atoms with Crippen LogP contribution in [0.15, 0.2) is 83.8 Å². The highest BCUT2D eigenvalue weighted by atomic mass is 32.2. The number of benzene rings is 3. The summed E-state index contributed by atoms with van der Waals surface area (Å²) in [6.07, 6.45) is 1.28. The van der Waals surface area contributed by atoms with E-state index in [0.29, 0.717) is 30.8 Å². The van der Waals surface area contributed by atoms with Crippen LogP contribution < -0.4 is 15.4 Å². The number of hydrogen-bond donors (Lipinski definition) is 2. The Labute approximate surface area is 194 Å². The van der Waals surface area contributed by atoms with Gasteiger partial charge in [-0.2, -0.15) is 4.31 Å². The highest BCUT2D eigenvalue weighted by molar-refractivity contribution is 7.89. The molecule has 8 heteroatoms. The number of rotatable bonds is 7. The molecular weight excluding hydrogens is 438 g/mol. The van der Waals surface area contributed by atoms with Crippen molar-refractivity contribution in [3.8, 4) is 5.75 Å². The molecule has 1 unspecified atom stereocenters. The molecule has 0 spiro atoms. The molecule has 0 aliphatic carbocycles. The highest BCUT2D eigenvalue weighted by Gasteiger charge is 2.33. The molecule has 1 aliphatic heterocycles. The van der Waals surface area contributed by atoms with Gasteiger partial charge in [-0.1, -0.05) is 18.2 Å². The standard InChI is InChI=1S/C25H27N3O4S/c1-32-23-13-15-24(16-14-23)33(30,31)28-17-5-6-19(18-28)25(29)27-22-11-9-21(10-12-22)26-20-7-3-2-4-8-20/h2-4,7-16,19,26H,5-6,17-18H2,1H3,(H,27,29). The first-order valence-corrected chi connectivity index (χ1v) is 12.3. The van der Waals surface area contributed by atoms with Crippen LogP contribution in [-0.4, -0.2) is 38.8 Å². The lowest BCUT2D eigenvalue weighted by atomic mass is 9.98.